The Morgan fingerprint density at radius 3 is 2.40 bits per heavy atom. The zero-order valence-electron chi connectivity index (χ0n) is 11.4. The molecule has 0 saturated carbocycles. The summed E-state index contributed by atoms with van der Waals surface area (Å²) in [6, 6.07) is 0.431. The lowest BCUT2D eigenvalue weighted by Gasteiger charge is -2.19. The fourth-order valence-corrected chi connectivity index (χ4v) is 1.70. The summed E-state index contributed by atoms with van der Waals surface area (Å²) in [4.78, 5) is 23.5. The first-order chi connectivity index (χ1) is 9.16. The minimum Gasteiger partial charge on any atom is -0.461 e. The Morgan fingerprint density at radius 1 is 1.35 bits per heavy atom. The normalized spacial score (nSPS) is 13.3. The monoisotopic (exact) mass is 291 g/mol. The molecule has 1 aromatic rings. The minimum atomic E-state index is -4.57. The van der Waals surface area contributed by atoms with Crippen LogP contribution in [0.15, 0.2) is 23.1 Å². The Balaban J connectivity index is 3.21. The van der Waals surface area contributed by atoms with E-state index in [0.717, 1.165) is 10.6 Å². The zero-order valence-corrected chi connectivity index (χ0v) is 11.4. The van der Waals surface area contributed by atoms with E-state index >= 15 is 0 Å². The second-order valence-electron chi connectivity index (χ2n) is 4.57. The highest BCUT2D eigenvalue weighted by molar-refractivity contribution is 5.74. The van der Waals surface area contributed by atoms with E-state index in [2.05, 4.69) is 0 Å². The van der Waals surface area contributed by atoms with Gasteiger partial charge < -0.3 is 9.30 Å². The van der Waals surface area contributed by atoms with Crippen LogP contribution in [-0.2, 0) is 15.7 Å². The van der Waals surface area contributed by atoms with Crippen LogP contribution >= 0.6 is 0 Å². The van der Waals surface area contributed by atoms with Crippen LogP contribution in [0.1, 0.15) is 38.8 Å². The molecule has 0 aliphatic carbocycles. The van der Waals surface area contributed by atoms with E-state index in [1.54, 1.807) is 20.8 Å². The fourth-order valence-electron chi connectivity index (χ4n) is 1.70. The molecule has 20 heavy (non-hydrogen) atoms. The number of pyridine rings is 1. The van der Waals surface area contributed by atoms with Crippen molar-refractivity contribution in [2.24, 2.45) is 0 Å². The van der Waals surface area contributed by atoms with Gasteiger partial charge in [-0.15, -0.1) is 0 Å². The first-order valence-corrected chi connectivity index (χ1v) is 6.16. The number of esters is 1. The molecule has 0 fully saturated rings. The van der Waals surface area contributed by atoms with Crippen molar-refractivity contribution in [2.45, 2.75) is 45.5 Å². The minimum absolute atomic E-state index is 0.159. The Morgan fingerprint density at radius 2 is 1.95 bits per heavy atom. The molecule has 0 N–H and O–H groups in total. The summed E-state index contributed by atoms with van der Waals surface area (Å²) in [5, 5.41) is 0. The van der Waals surface area contributed by atoms with E-state index in [9.17, 15) is 22.8 Å². The summed E-state index contributed by atoms with van der Waals surface area (Å²) in [5.41, 5.74) is -1.65. The molecule has 0 aliphatic heterocycles. The summed E-state index contributed by atoms with van der Waals surface area (Å²) in [5.74, 6) is -0.719. The molecule has 1 rings (SSSR count). The summed E-state index contributed by atoms with van der Waals surface area (Å²) in [7, 11) is 0. The Bertz CT molecular complexity index is 534. The number of alkyl halides is 3. The van der Waals surface area contributed by atoms with E-state index in [-0.39, 0.29) is 6.42 Å². The molecule has 0 radical (unpaired) electrons. The maximum Gasteiger partial charge on any atom is 0.417 e. The molecule has 0 bridgehead atoms. The third-order valence-corrected chi connectivity index (χ3v) is 2.61. The lowest BCUT2D eigenvalue weighted by molar-refractivity contribution is -0.152. The maximum atomic E-state index is 12.6. The van der Waals surface area contributed by atoms with Crippen LogP contribution in [0.3, 0.4) is 0 Å². The van der Waals surface area contributed by atoms with Gasteiger partial charge in [0.1, 0.15) is 6.04 Å². The van der Waals surface area contributed by atoms with Crippen molar-refractivity contribution in [3.8, 4) is 0 Å². The lowest BCUT2D eigenvalue weighted by atomic mass is 10.2. The largest absolute Gasteiger partial charge is 0.461 e. The number of carbonyl (C=O) groups is 1. The number of halogens is 3. The van der Waals surface area contributed by atoms with Crippen molar-refractivity contribution >= 4 is 5.97 Å². The number of carbonyl (C=O) groups excluding carboxylic acids is 1. The topological polar surface area (TPSA) is 48.3 Å². The van der Waals surface area contributed by atoms with Crippen molar-refractivity contribution < 1.29 is 22.7 Å². The third kappa shape index (κ3) is 3.85. The highest BCUT2D eigenvalue weighted by Gasteiger charge is 2.32. The molecule has 0 spiro atoms. The van der Waals surface area contributed by atoms with Crippen LogP contribution in [0.5, 0.6) is 0 Å². The Hall–Kier alpha value is -1.79. The van der Waals surface area contributed by atoms with Gasteiger partial charge in [0.2, 0.25) is 0 Å². The molecular formula is C13H16F3NO3. The standard InChI is InChI=1S/C13H16F3NO3/c1-4-10(12(19)20-8(2)3)17-7-9(13(14,15)16)5-6-11(17)18/h5-8,10H,4H2,1-3H3. The van der Waals surface area contributed by atoms with Gasteiger partial charge in [0.05, 0.1) is 11.7 Å². The van der Waals surface area contributed by atoms with Crippen molar-refractivity contribution in [2.75, 3.05) is 0 Å². The van der Waals surface area contributed by atoms with Crippen molar-refractivity contribution in [3.63, 3.8) is 0 Å². The molecule has 0 aliphatic rings. The van der Waals surface area contributed by atoms with Crippen LogP contribution in [-0.4, -0.2) is 16.6 Å². The van der Waals surface area contributed by atoms with Gasteiger partial charge in [-0.1, -0.05) is 6.92 Å². The molecule has 1 heterocycles. The van der Waals surface area contributed by atoms with Crippen LogP contribution < -0.4 is 5.56 Å². The summed E-state index contributed by atoms with van der Waals surface area (Å²) in [6.45, 7) is 4.85. The fraction of sp³-hybridized carbons (Fsp3) is 0.538. The summed E-state index contributed by atoms with van der Waals surface area (Å²) in [6.07, 6.45) is -4.17. The SMILES string of the molecule is CCC(C(=O)OC(C)C)n1cc(C(F)(F)F)ccc1=O. The van der Waals surface area contributed by atoms with Crippen molar-refractivity contribution in [3.05, 3.63) is 34.2 Å². The predicted molar refractivity (Wildman–Crippen MR) is 66.3 cm³/mol. The highest BCUT2D eigenvalue weighted by Crippen LogP contribution is 2.28. The van der Waals surface area contributed by atoms with Crippen molar-refractivity contribution in [1.82, 2.24) is 4.57 Å². The molecule has 0 aromatic carbocycles. The number of aromatic nitrogens is 1. The average molecular weight is 291 g/mol. The number of hydrogen-bond donors (Lipinski definition) is 0. The van der Waals surface area contributed by atoms with Gasteiger partial charge in [-0.2, -0.15) is 13.2 Å². The zero-order chi connectivity index (χ0) is 15.5. The van der Waals surface area contributed by atoms with Gasteiger partial charge >= 0.3 is 12.1 Å². The molecule has 0 amide bonds. The van der Waals surface area contributed by atoms with E-state index < -0.39 is 35.4 Å². The Labute approximate surface area is 114 Å². The van der Waals surface area contributed by atoms with Gasteiger partial charge in [0.15, 0.2) is 0 Å². The number of nitrogens with zero attached hydrogens (tertiary/aromatic N) is 1. The van der Waals surface area contributed by atoms with Crippen LogP contribution in [0, 0.1) is 0 Å². The quantitative estimate of drug-likeness (QED) is 0.801. The van der Waals surface area contributed by atoms with Gasteiger partial charge in [-0.25, -0.2) is 4.79 Å². The van der Waals surface area contributed by atoms with Crippen LogP contribution in [0.25, 0.3) is 0 Å². The second-order valence-corrected chi connectivity index (χ2v) is 4.57. The van der Waals surface area contributed by atoms with Crippen molar-refractivity contribution in [1.29, 1.82) is 0 Å². The number of rotatable bonds is 4. The predicted octanol–water partition coefficient (Wildman–Crippen LogP) is 2.77. The second kappa shape index (κ2) is 6.11. The highest BCUT2D eigenvalue weighted by atomic mass is 19.4. The number of hydrogen-bond acceptors (Lipinski definition) is 3. The first-order valence-electron chi connectivity index (χ1n) is 6.16. The smallest absolute Gasteiger partial charge is 0.417 e. The molecular weight excluding hydrogens is 275 g/mol. The molecule has 1 aromatic heterocycles. The molecule has 7 heteroatoms. The lowest BCUT2D eigenvalue weighted by Crippen LogP contribution is -2.32. The van der Waals surface area contributed by atoms with Gasteiger partial charge in [-0.05, 0) is 26.3 Å². The summed E-state index contributed by atoms with van der Waals surface area (Å²) < 4.78 is 43.7. The van der Waals surface area contributed by atoms with Crippen LogP contribution in [0.2, 0.25) is 0 Å². The molecule has 1 atom stereocenters. The van der Waals surface area contributed by atoms with E-state index in [1.165, 1.54) is 0 Å². The Kier molecular flexibility index (Phi) is 4.97. The van der Waals surface area contributed by atoms with Gasteiger partial charge in [0.25, 0.3) is 5.56 Å². The van der Waals surface area contributed by atoms with E-state index in [0.29, 0.717) is 12.3 Å². The molecule has 1 unspecified atom stereocenters. The average Bonchev–Trinajstić information content (AvgIpc) is 2.29. The van der Waals surface area contributed by atoms with E-state index in [4.69, 9.17) is 4.74 Å². The third-order valence-electron chi connectivity index (χ3n) is 2.61. The number of ether oxygens (including phenoxy) is 1. The van der Waals surface area contributed by atoms with Crippen LogP contribution in [0.4, 0.5) is 13.2 Å². The van der Waals surface area contributed by atoms with Gasteiger partial charge in [-0.3, -0.25) is 4.79 Å². The molecule has 0 saturated heterocycles. The maximum absolute atomic E-state index is 12.6. The molecule has 4 nitrogen and oxygen atoms in total. The van der Waals surface area contributed by atoms with Gasteiger partial charge in [0, 0.05) is 12.3 Å². The molecule has 112 valence electrons. The first kappa shape index (κ1) is 16.3. The summed E-state index contributed by atoms with van der Waals surface area (Å²) >= 11 is 0. The van der Waals surface area contributed by atoms with E-state index in [1.807, 2.05) is 0 Å².